The molecule has 0 aliphatic carbocycles. The average Bonchev–Trinajstić information content (AvgIpc) is 1.66. The van der Waals surface area contributed by atoms with Crippen molar-refractivity contribution in [3.63, 3.8) is 0 Å². The number of hydrogen-bond donors (Lipinski definition) is 11. The zero-order valence-electron chi connectivity index (χ0n) is 50.5. The van der Waals surface area contributed by atoms with Crippen molar-refractivity contribution in [3.8, 4) is 0 Å². The Morgan fingerprint density at radius 3 is 1.04 bits per heavy atom. The predicted octanol–water partition coefficient (Wildman–Crippen LogP) is -2.94. The fourth-order valence-electron chi connectivity index (χ4n) is 10.9. The highest BCUT2D eigenvalue weighted by molar-refractivity contribution is 7.48. The Labute approximate surface area is 535 Å². The van der Waals surface area contributed by atoms with Gasteiger partial charge in [0.15, 0.2) is 0 Å². The highest BCUT2D eigenvalue weighted by Gasteiger charge is 2.50. The molecule has 528 valence electrons. The lowest BCUT2D eigenvalue weighted by molar-refractivity contribution is -0.0651. The third kappa shape index (κ3) is 17.0. The summed E-state index contributed by atoms with van der Waals surface area (Å²) in [6, 6.07) is 1.20. The number of aryl methyl sites for hydroxylation is 4. The topological polar surface area (TPSA) is 590 Å². The van der Waals surface area contributed by atoms with E-state index in [1.165, 1.54) is 40.0 Å². The van der Waals surface area contributed by atoms with E-state index >= 15 is 0 Å². The van der Waals surface area contributed by atoms with Crippen LogP contribution in [0.4, 0.5) is 5.82 Å². The highest BCUT2D eigenvalue weighted by Crippen LogP contribution is 2.55. The van der Waals surface area contributed by atoms with E-state index in [1.54, 1.807) is 0 Å². The van der Waals surface area contributed by atoms with Crippen LogP contribution >= 0.6 is 31.3 Å². The monoisotopic (exact) mass is 1440 g/mol. The number of nitrogens with one attached hydrogen (secondary N) is 4. The molecule has 5 aromatic heterocycles. The molecule has 0 amide bonds. The second-order valence-electron chi connectivity index (χ2n) is 22.7. The molecule has 43 nitrogen and oxygen atoms in total. The smallest absolute Gasteiger partial charge is 0.394 e. The molecule has 5 aromatic rings. The molecule has 5 fully saturated rings. The predicted molar refractivity (Wildman–Crippen MR) is 315 cm³/mol. The van der Waals surface area contributed by atoms with Crippen LogP contribution in [0.5, 0.6) is 0 Å². The van der Waals surface area contributed by atoms with Crippen molar-refractivity contribution >= 4 is 37.1 Å². The van der Waals surface area contributed by atoms with Crippen molar-refractivity contribution in [2.24, 2.45) is 0 Å². The van der Waals surface area contributed by atoms with Crippen molar-refractivity contribution in [1.82, 2.24) is 47.8 Å². The second-order valence-corrected chi connectivity index (χ2v) is 28.3. The number of nitrogens with zero attached hydrogens (tertiary/aromatic N) is 6. The summed E-state index contributed by atoms with van der Waals surface area (Å²) in [6.45, 7) is 0.585. The summed E-state index contributed by atoms with van der Waals surface area (Å²) < 4.78 is 132. The van der Waals surface area contributed by atoms with Gasteiger partial charge in [0.2, 0.25) is 0 Å². The number of rotatable bonds is 26. The lowest BCUT2D eigenvalue weighted by Crippen LogP contribution is -2.33. The van der Waals surface area contributed by atoms with Gasteiger partial charge in [-0.3, -0.25) is 98.1 Å². The number of aliphatic hydroxyl groups is 2. The first-order chi connectivity index (χ1) is 45.0. The fourth-order valence-corrected chi connectivity index (χ4v) is 14.7. The zero-order valence-corrected chi connectivity index (χ0v) is 54.1. The summed E-state index contributed by atoms with van der Waals surface area (Å²) in [5.41, 5.74) is -1.94. The second kappa shape index (κ2) is 28.8. The minimum atomic E-state index is -5.56. The Morgan fingerprint density at radius 1 is 0.458 bits per heavy atom. The molecule has 10 rings (SSSR count). The molecule has 5 aliphatic heterocycles. The van der Waals surface area contributed by atoms with Crippen molar-refractivity contribution in [2.75, 3.05) is 38.8 Å². The lowest BCUT2D eigenvalue weighted by atomic mass is 10.2. The maximum absolute atomic E-state index is 14.1. The minimum absolute atomic E-state index is 0.00601. The first kappa shape index (κ1) is 72.3. The number of phosphoric ester groups is 4. The van der Waals surface area contributed by atoms with E-state index in [0.29, 0.717) is 0 Å². The van der Waals surface area contributed by atoms with Crippen molar-refractivity contribution in [1.29, 1.82) is 0 Å². The Balaban J connectivity index is 0.830. The Bertz CT molecular complexity index is 4510. The Hall–Kier alpha value is -6.44. The van der Waals surface area contributed by atoms with Gasteiger partial charge in [0, 0.05) is 85.3 Å². The molecule has 5 aliphatic rings. The van der Waals surface area contributed by atoms with Crippen LogP contribution in [0.1, 0.15) is 85.5 Å². The van der Waals surface area contributed by atoms with Crippen LogP contribution in [0, 0.1) is 27.7 Å². The van der Waals surface area contributed by atoms with Gasteiger partial charge in [0.25, 0.3) is 22.2 Å². The number of phosphoric acid groups is 4. The van der Waals surface area contributed by atoms with E-state index in [-0.39, 0.29) is 40.9 Å². The van der Waals surface area contributed by atoms with Crippen molar-refractivity contribution < 1.29 is 108 Å². The van der Waals surface area contributed by atoms with Crippen LogP contribution in [-0.2, 0) is 78.1 Å². The zero-order chi connectivity index (χ0) is 69.7. The van der Waals surface area contributed by atoms with Crippen LogP contribution < -0.4 is 56.4 Å². The minimum Gasteiger partial charge on any atom is -0.394 e. The van der Waals surface area contributed by atoms with Crippen LogP contribution in [-0.4, -0.2) is 172 Å². The van der Waals surface area contributed by atoms with Crippen LogP contribution in [0.3, 0.4) is 0 Å². The standard InChI is InChI=1S/C49H65N11O32P4/c1-21-12-57(46(68)52-41(21)63)36-7-25(62)31(85-36)17-80-93(72,73)90-27-9-37(56-6-5-35(50)51-45(56)67)86-32(27)18-82-95(76,77)91-29-11-40(60-15-24(4)44(66)55-49(60)71)88-34(29)20-83-96(78,79)92-28-10-39(59-14-23(3)43(65)54-48(59)70)87-33(28)19-81-94(74,75)89-26-8-38(84-30(26)16-61)58-13-22(2)42(64)53-47(58)69/h5-6,12-15,25-34,36-40,61-62H,7-11,16-20H2,1-4H3,(H,72,73)(H,74,75)(H,76,77)(H,78,79)(H2,50,51,67)(H,52,63,68)(H,53,64,69)(H,54,65,70)(H,55,66,71)/t25-,26-,27-,28-,29-,30+,31+,32+,33+,34+,36+,37+,38+,39+,40+/m0/s1. The average molecular weight is 1440 g/mol. The molecule has 0 bridgehead atoms. The molecule has 10 heterocycles. The Morgan fingerprint density at radius 2 is 0.729 bits per heavy atom. The van der Waals surface area contributed by atoms with Gasteiger partial charge in [-0.15, -0.1) is 0 Å². The maximum Gasteiger partial charge on any atom is 0.472 e. The van der Waals surface area contributed by atoms with Crippen molar-refractivity contribution in [2.45, 2.75) is 152 Å². The van der Waals surface area contributed by atoms with E-state index in [9.17, 15) is 91.2 Å². The summed E-state index contributed by atoms with van der Waals surface area (Å²) in [5, 5.41) is 20.8. The number of ether oxygens (including phenoxy) is 5. The van der Waals surface area contributed by atoms with E-state index in [4.69, 9.17) is 65.6 Å². The number of hydrogen-bond acceptors (Lipinski definition) is 30. The normalized spacial score (nSPS) is 30.1. The van der Waals surface area contributed by atoms with Gasteiger partial charge in [-0.2, -0.15) is 4.98 Å². The largest absolute Gasteiger partial charge is 0.472 e. The van der Waals surface area contributed by atoms with Gasteiger partial charge in [-0.25, -0.2) is 42.2 Å². The number of nitrogen functional groups attached to an aromatic ring is 1. The van der Waals surface area contributed by atoms with Crippen LogP contribution in [0.2, 0.25) is 0 Å². The fraction of sp³-hybridized carbons (Fsp3) is 0.592. The third-order valence-corrected chi connectivity index (χ3v) is 19.8. The SMILES string of the molecule is Cc1cn([C@H]2C[C@H](OP(=O)(O)OC[C@H]3O[C@@H](n4cc(C)c(=O)[nH]c4=O)C[C@@H]3OP(=O)(O)OC[C@H]3O[C@@H](n4cc(C)c(=O)[nH]c4=O)C[C@@H]3OP(=O)(O)OC[C@H]3O[C@@H](n4ccc(N)nc4=O)C[C@@H]3OP(=O)(O)OC[C@H]3O[C@@H](n4cc(C)c(=O)[nH]c4=O)C[C@@H]3O)[C@@H](CO)O2)c(=O)[nH]c1=O. The molecule has 0 aromatic carbocycles. The van der Waals surface area contributed by atoms with Gasteiger partial charge in [-0.1, -0.05) is 0 Å². The van der Waals surface area contributed by atoms with Gasteiger partial charge in [0.1, 0.15) is 91.9 Å². The maximum atomic E-state index is 14.1. The molecule has 96 heavy (non-hydrogen) atoms. The summed E-state index contributed by atoms with van der Waals surface area (Å²) >= 11 is 0. The molecule has 0 spiro atoms. The van der Waals surface area contributed by atoms with E-state index in [2.05, 4.69) is 24.9 Å². The van der Waals surface area contributed by atoms with Crippen LogP contribution in [0.25, 0.3) is 0 Å². The van der Waals surface area contributed by atoms with E-state index in [0.717, 1.165) is 47.6 Å². The third-order valence-electron chi connectivity index (χ3n) is 15.8. The van der Waals surface area contributed by atoms with Gasteiger partial charge in [-0.05, 0) is 33.8 Å². The molecule has 19 atom stereocenters. The van der Waals surface area contributed by atoms with Crippen LogP contribution in [0.15, 0.2) is 80.2 Å². The first-order valence-corrected chi connectivity index (χ1v) is 34.8. The number of aromatic nitrogens is 10. The molecule has 0 radical (unpaired) electrons. The summed E-state index contributed by atoms with van der Waals surface area (Å²) in [4.78, 5) is 169. The van der Waals surface area contributed by atoms with Gasteiger partial charge >= 0.3 is 59.7 Å². The first-order valence-electron chi connectivity index (χ1n) is 28.9. The number of anilines is 1. The summed E-state index contributed by atoms with van der Waals surface area (Å²) in [7, 11) is -21.7. The molecule has 12 N–H and O–H groups in total. The Kier molecular flexibility index (Phi) is 21.7. The molecular weight excluding hydrogens is 1380 g/mol. The van der Waals surface area contributed by atoms with E-state index < -0.39 is 226 Å². The molecular formula is C49H65N11O32P4. The van der Waals surface area contributed by atoms with Gasteiger partial charge < -0.3 is 59.2 Å². The quantitative estimate of drug-likeness (QED) is 0.0247. The number of aliphatic hydroxyl groups excluding tert-OH is 2. The summed E-state index contributed by atoms with van der Waals surface area (Å²) in [5.74, 6) is -0.202. The van der Waals surface area contributed by atoms with Crippen molar-refractivity contribution in [3.05, 3.63) is 153 Å². The number of aromatic amines is 4. The molecule has 0 saturated carbocycles. The van der Waals surface area contributed by atoms with E-state index in [1.807, 2.05) is 0 Å². The number of nitrogens with two attached hydrogens (primary N) is 1. The molecule has 4 unspecified atom stereocenters. The highest BCUT2D eigenvalue weighted by atomic mass is 31.2. The summed E-state index contributed by atoms with van der Waals surface area (Å²) in [6.07, 6.45) is -19.3. The molecule has 47 heteroatoms. The lowest BCUT2D eigenvalue weighted by Gasteiger charge is -2.25. The van der Waals surface area contributed by atoms with Gasteiger partial charge in [0.05, 0.1) is 39.1 Å². The molecule has 5 saturated heterocycles. The number of H-pyrrole nitrogens is 4.